The van der Waals surface area contributed by atoms with Gasteiger partial charge in [-0.2, -0.15) is 0 Å². The molecular formula is C14H24ClN3O2. The predicted molar refractivity (Wildman–Crippen MR) is 80.9 cm³/mol. The molecule has 2 rings (SSSR count). The average Bonchev–Trinajstić information content (AvgIpc) is 2.44. The first-order valence-corrected chi connectivity index (χ1v) is 7.13. The standard InChI is InChI=1S/C14H23N3O2.ClH/c1-2-7-17-10-6-15-12(14(17)19)11-13(18)16-8-4-3-5-9-16;/h2,12,15H,1,3-11H2;1H. The molecule has 114 valence electrons. The van der Waals surface area contributed by atoms with E-state index in [-0.39, 0.29) is 36.7 Å². The Morgan fingerprint density at radius 2 is 2.00 bits per heavy atom. The van der Waals surface area contributed by atoms with Crippen LogP contribution >= 0.6 is 12.4 Å². The molecule has 2 heterocycles. The Morgan fingerprint density at radius 3 is 2.65 bits per heavy atom. The summed E-state index contributed by atoms with van der Waals surface area (Å²) in [6.45, 7) is 7.35. The summed E-state index contributed by atoms with van der Waals surface area (Å²) in [6.07, 6.45) is 5.39. The van der Waals surface area contributed by atoms with Gasteiger partial charge in [0.25, 0.3) is 0 Å². The van der Waals surface area contributed by atoms with Crippen LogP contribution in [0.5, 0.6) is 0 Å². The molecule has 1 atom stereocenters. The number of nitrogens with one attached hydrogen (secondary N) is 1. The summed E-state index contributed by atoms with van der Waals surface area (Å²) in [4.78, 5) is 28.0. The third kappa shape index (κ3) is 4.21. The first-order chi connectivity index (χ1) is 9.22. The van der Waals surface area contributed by atoms with Gasteiger partial charge in [-0.3, -0.25) is 9.59 Å². The second kappa shape index (κ2) is 8.27. The highest BCUT2D eigenvalue weighted by atomic mass is 35.5. The molecule has 0 aromatic rings. The fourth-order valence-corrected chi connectivity index (χ4v) is 2.74. The normalized spacial score (nSPS) is 23.2. The fourth-order valence-electron chi connectivity index (χ4n) is 2.74. The lowest BCUT2D eigenvalue weighted by molar-refractivity contribution is -0.141. The number of rotatable bonds is 4. The molecule has 20 heavy (non-hydrogen) atoms. The lowest BCUT2D eigenvalue weighted by atomic mass is 10.1. The van der Waals surface area contributed by atoms with E-state index < -0.39 is 0 Å². The summed E-state index contributed by atoms with van der Waals surface area (Å²) in [5, 5.41) is 3.15. The highest BCUT2D eigenvalue weighted by Crippen LogP contribution is 2.12. The predicted octanol–water partition coefficient (Wildman–Crippen LogP) is 0.797. The Morgan fingerprint density at radius 1 is 1.30 bits per heavy atom. The molecule has 0 saturated carbocycles. The van der Waals surface area contributed by atoms with E-state index >= 15 is 0 Å². The summed E-state index contributed by atoms with van der Waals surface area (Å²) in [5.41, 5.74) is 0. The van der Waals surface area contributed by atoms with E-state index in [0.717, 1.165) is 32.5 Å². The Balaban J connectivity index is 0.00000200. The molecule has 0 bridgehead atoms. The molecule has 0 aromatic heterocycles. The number of nitrogens with zero attached hydrogens (tertiary/aromatic N) is 2. The van der Waals surface area contributed by atoms with E-state index in [9.17, 15) is 9.59 Å². The van der Waals surface area contributed by atoms with Crippen molar-refractivity contribution in [2.24, 2.45) is 0 Å². The maximum Gasteiger partial charge on any atom is 0.240 e. The first-order valence-electron chi connectivity index (χ1n) is 7.13. The van der Waals surface area contributed by atoms with Crippen LogP contribution in [-0.4, -0.2) is 60.4 Å². The number of carbonyl (C=O) groups is 2. The topological polar surface area (TPSA) is 52.7 Å². The van der Waals surface area contributed by atoms with Gasteiger partial charge in [0.05, 0.1) is 12.5 Å². The van der Waals surface area contributed by atoms with Crippen molar-refractivity contribution in [3.8, 4) is 0 Å². The van der Waals surface area contributed by atoms with Crippen LogP contribution in [0.3, 0.4) is 0 Å². The van der Waals surface area contributed by atoms with E-state index in [1.54, 1.807) is 11.0 Å². The zero-order valence-electron chi connectivity index (χ0n) is 11.8. The lowest BCUT2D eigenvalue weighted by Gasteiger charge is -2.34. The van der Waals surface area contributed by atoms with Crippen LogP contribution in [0.2, 0.25) is 0 Å². The van der Waals surface area contributed by atoms with E-state index in [0.29, 0.717) is 13.1 Å². The van der Waals surface area contributed by atoms with Gasteiger partial charge in [0.1, 0.15) is 0 Å². The fraction of sp³-hybridized carbons (Fsp3) is 0.714. The van der Waals surface area contributed by atoms with Crippen LogP contribution in [0.1, 0.15) is 25.7 Å². The van der Waals surface area contributed by atoms with Crippen LogP contribution in [0.15, 0.2) is 12.7 Å². The molecule has 2 amide bonds. The molecule has 1 unspecified atom stereocenters. The molecule has 5 nitrogen and oxygen atoms in total. The molecule has 2 aliphatic rings. The SMILES string of the molecule is C=CCN1CCNC(CC(=O)N2CCCCC2)C1=O.Cl. The molecule has 1 N–H and O–H groups in total. The lowest BCUT2D eigenvalue weighted by Crippen LogP contribution is -2.56. The first kappa shape index (κ1) is 17.0. The number of halogens is 1. The maximum atomic E-state index is 12.2. The zero-order chi connectivity index (χ0) is 13.7. The molecular weight excluding hydrogens is 278 g/mol. The monoisotopic (exact) mass is 301 g/mol. The zero-order valence-corrected chi connectivity index (χ0v) is 12.7. The van der Waals surface area contributed by atoms with Crippen molar-refractivity contribution in [3.05, 3.63) is 12.7 Å². The number of piperidine rings is 1. The molecule has 0 aliphatic carbocycles. The molecule has 2 fully saturated rings. The van der Waals surface area contributed by atoms with Crippen molar-refractivity contribution in [1.82, 2.24) is 15.1 Å². The van der Waals surface area contributed by atoms with Crippen molar-refractivity contribution in [2.75, 3.05) is 32.7 Å². The van der Waals surface area contributed by atoms with E-state index in [1.807, 2.05) is 4.90 Å². The molecule has 6 heteroatoms. The van der Waals surface area contributed by atoms with Gasteiger partial charge in [0.15, 0.2) is 0 Å². The van der Waals surface area contributed by atoms with Crippen LogP contribution in [-0.2, 0) is 9.59 Å². The van der Waals surface area contributed by atoms with Gasteiger partial charge in [-0.1, -0.05) is 6.08 Å². The van der Waals surface area contributed by atoms with Crippen molar-refractivity contribution < 1.29 is 9.59 Å². The summed E-state index contributed by atoms with van der Waals surface area (Å²) >= 11 is 0. The molecule has 2 aliphatic heterocycles. The molecule has 2 saturated heterocycles. The van der Waals surface area contributed by atoms with Gasteiger partial charge in [0, 0.05) is 32.7 Å². The number of hydrogen-bond donors (Lipinski definition) is 1. The average molecular weight is 302 g/mol. The Hall–Kier alpha value is -1.07. The van der Waals surface area contributed by atoms with E-state index in [2.05, 4.69) is 11.9 Å². The maximum absolute atomic E-state index is 12.2. The van der Waals surface area contributed by atoms with Crippen molar-refractivity contribution in [2.45, 2.75) is 31.7 Å². The number of likely N-dealkylation sites (tertiary alicyclic amines) is 1. The minimum absolute atomic E-state index is 0. The largest absolute Gasteiger partial charge is 0.343 e. The summed E-state index contributed by atoms with van der Waals surface area (Å²) < 4.78 is 0. The highest BCUT2D eigenvalue weighted by molar-refractivity contribution is 5.89. The quantitative estimate of drug-likeness (QED) is 0.782. The van der Waals surface area contributed by atoms with Crippen LogP contribution in [0, 0.1) is 0 Å². The highest BCUT2D eigenvalue weighted by Gasteiger charge is 2.31. The Labute approximate surface area is 126 Å². The number of carbonyl (C=O) groups excluding carboxylic acids is 2. The van der Waals surface area contributed by atoms with E-state index in [4.69, 9.17) is 0 Å². The van der Waals surface area contributed by atoms with Gasteiger partial charge >= 0.3 is 0 Å². The second-order valence-corrected chi connectivity index (χ2v) is 5.23. The Kier molecular flexibility index (Phi) is 7.02. The van der Waals surface area contributed by atoms with Gasteiger partial charge in [0.2, 0.25) is 11.8 Å². The van der Waals surface area contributed by atoms with Crippen molar-refractivity contribution in [3.63, 3.8) is 0 Å². The molecule has 0 radical (unpaired) electrons. The minimum Gasteiger partial charge on any atom is -0.343 e. The van der Waals surface area contributed by atoms with Gasteiger partial charge in [-0.25, -0.2) is 0 Å². The van der Waals surface area contributed by atoms with Gasteiger partial charge in [-0.15, -0.1) is 19.0 Å². The van der Waals surface area contributed by atoms with Gasteiger partial charge < -0.3 is 15.1 Å². The second-order valence-electron chi connectivity index (χ2n) is 5.23. The van der Waals surface area contributed by atoms with E-state index in [1.165, 1.54) is 6.42 Å². The number of piperazine rings is 1. The third-order valence-electron chi connectivity index (χ3n) is 3.82. The number of amides is 2. The van der Waals surface area contributed by atoms with Crippen LogP contribution in [0.25, 0.3) is 0 Å². The number of hydrogen-bond acceptors (Lipinski definition) is 3. The minimum atomic E-state index is -0.358. The Bertz CT molecular complexity index is 356. The van der Waals surface area contributed by atoms with Gasteiger partial charge in [-0.05, 0) is 19.3 Å². The third-order valence-corrected chi connectivity index (χ3v) is 3.82. The van der Waals surface area contributed by atoms with Crippen molar-refractivity contribution in [1.29, 1.82) is 0 Å². The van der Waals surface area contributed by atoms with Crippen LogP contribution < -0.4 is 5.32 Å². The van der Waals surface area contributed by atoms with Crippen LogP contribution in [0.4, 0.5) is 0 Å². The summed E-state index contributed by atoms with van der Waals surface area (Å²) in [5.74, 6) is 0.127. The smallest absolute Gasteiger partial charge is 0.240 e. The van der Waals surface area contributed by atoms with Crippen molar-refractivity contribution >= 4 is 24.2 Å². The summed E-state index contributed by atoms with van der Waals surface area (Å²) in [7, 11) is 0. The molecule has 0 spiro atoms. The summed E-state index contributed by atoms with van der Waals surface area (Å²) in [6, 6.07) is -0.358. The molecule has 0 aromatic carbocycles.